The van der Waals surface area contributed by atoms with Gasteiger partial charge in [0, 0.05) is 13.0 Å². The van der Waals surface area contributed by atoms with Gasteiger partial charge in [0.2, 0.25) is 0 Å². The van der Waals surface area contributed by atoms with Crippen molar-refractivity contribution in [2.24, 2.45) is 0 Å². The summed E-state index contributed by atoms with van der Waals surface area (Å²) in [6, 6.07) is 0. The maximum atomic E-state index is 12.5. The maximum Gasteiger partial charge on any atom is 0.454 e. The molecule has 0 amide bonds. The van der Waals surface area contributed by atoms with E-state index in [1.54, 1.807) is 0 Å². The van der Waals surface area contributed by atoms with Gasteiger partial charge in [-0.15, -0.1) is 0 Å². The molecule has 0 radical (unpaired) electrons. The highest BCUT2D eigenvalue weighted by molar-refractivity contribution is 5.94. The molecular formula is C7H5F7O2. The average Bonchev–Trinajstić information content (AvgIpc) is 1.99. The summed E-state index contributed by atoms with van der Waals surface area (Å²) >= 11 is 0. The molecule has 0 saturated heterocycles. The van der Waals surface area contributed by atoms with Gasteiger partial charge in [0.25, 0.3) is 5.78 Å². The Balaban J connectivity index is 5.16. The smallest absolute Gasteiger partial charge is 0.454 e. The summed E-state index contributed by atoms with van der Waals surface area (Å²) in [6.45, 7) is -0.310. The number of hydrogen-bond donors (Lipinski definition) is 1. The molecule has 1 N–H and O–H groups in total. The molecular weight excluding hydrogens is 249 g/mol. The van der Waals surface area contributed by atoms with Crippen molar-refractivity contribution in [2.45, 2.75) is 24.9 Å². The highest BCUT2D eigenvalue weighted by Gasteiger charge is 2.56. The zero-order chi connectivity index (χ0) is 13.4. The van der Waals surface area contributed by atoms with E-state index >= 15 is 0 Å². The van der Waals surface area contributed by atoms with Crippen molar-refractivity contribution in [2.75, 3.05) is 0 Å². The van der Waals surface area contributed by atoms with E-state index in [9.17, 15) is 35.5 Å². The van der Waals surface area contributed by atoms with Crippen LogP contribution in [0.3, 0.4) is 0 Å². The Labute approximate surface area is 84.4 Å². The van der Waals surface area contributed by atoms with Crippen LogP contribution >= 0.6 is 0 Å². The molecule has 0 rings (SSSR count). The van der Waals surface area contributed by atoms with E-state index in [2.05, 4.69) is 0 Å². The van der Waals surface area contributed by atoms with E-state index in [0.29, 0.717) is 0 Å². The van der Waals surface area contributed by atoms with Crippen LogP contribution in [-0.4, -0.2) is 28.9 Å². The molecule has 0 unspecified atom stereocenters. The summed E-state index contributed by atoms with van der Waals surface area (Å²) in [7, 11) is 0. The second-order valence-corrected chi connectivity index (χ2v) is 2.85. The van der Waals surface area contributed by atoms with Gasteiger partial charge in [0.1, 0.15) is 0 Å². The van der Waals surface area contributed by atoms with Crippen molar-refractivity contribution in [1.29, 1.82) is 0 Å². The van der Waals surface area contributed by atoms with Gasteiger partial charge in [-0.25, -0.2) is 0 Å². The number of ketones is 1. The van der Waals surface area contributed by atoms with Crippen LogP contribution in [0.5, 0.6) is 0 Å². The monoisotopic (exact) mass is 254 g/mol. The first-order chi connectivity index (χ1) is 6.80. The molecule has 0 aromatic carbocycles. The summed E-state index contributed by atoms with van der Waals surface area (Å²) in [6.07, 6.45) is -6.50. The summed E-state index contributed by atoms with van der Waals surface area (Å²) < 4.78 is 83.9. The molecule has 94 valence electrons. The van der Waals surface area contributed by atoms with Crippen LogP contribution in [-0.2, 0) is 4.79 Å². The van der Waals surface area contributed by atoms with Gasteiger partial charge in [-0.3, -0.25) is 4.79 Å². The molecule has 0 atom stereocenters. The number of alkyl halides is 7. The van der Waals surface area contributed by atoms with Crippen molar-refractivity contribution < 1.29 is 40.6 Å². The summed E-state index contributed by atoms with van der Waals surface area (Å²) in [4.78, 5) is 10.1. The van der Waals surface area contributed by atoms with Crippen molar-refractivity contribution in [3.8, 4) is 0 Å². The van der Waals surface area contributed by atoms with E-state index in [1.165, 1.54) is 0 Å². The third kappa shape index (κ3) is 3.11. The van der Waals surface area contributed by atoms with Crippen molar-refractivity contribution >= 4 is 5.78 Å². The Bertz CT molecular complexity index is 310. The Morgan fingerprint density at radius 3 is 1.69 bits per heavy atom. The normalized spacial score (nSPS) is 15.1. The van der Waals surface area contributed by atoms with E-state index < -0.39 is 35.6 Å². The van der Waals surface area contributed by atoms with Crippen molar-refractivity contribution in [3.63, 3.8) is 0 Å². The molecule has 0 heterocycles. The molecule has 0 aliphatic rings. The number of aliphatic hydroxyl groups is 1. The van der Waals surface area contributed by atoms with Gasteiger partial charge in [-0.1, -0.05) is 0 Å². The summed E-state index contributed by atoms with van der Waals surface area (Å²) in [5, 5.41) is 8.36. The van der Waals surface area contributed by atoms with Crippen LogP contribution in [0, 0.1) is 0 Å². The average molecular weight is 254 g/mol. The molecule has 0 saturated carbocycles. The fourth-order valence-electron chi connectivity index (χ4n) is 0.522. The predicted molar refractivity (Wildman–Crippen MR) is 37.3 cm³/mol. The molecule has 0 aliphatic carbocycles. The highest BCUT2D eigenvalue weighted by atomic mass is 19.4. The lowest BCUT2D eigenvalue weighted by Gasteiger charge is -2.22. The number of aliphatic hydroxyl groups excluding tert-OH is 1. The lowest BCUT2D eigenvalue weighted by Crippen LogP contribution is -2.40. The standard InChI is InChI=1S/C7H5F7O2/c1-5(8,9)6(10,11)3(15)2-4(16)7(12,13)14/h2,15H,1H3/b3-2-. The largest absolute Gasteiger partial charge is 0.506 e. The van der Waals surface area contributed by atoms with Crippen molar-refractivity contribution in [3.05, 3.63) is 11.8 Å². The van der Waals surface area contributed by atoms with Gasteiger partial charge in [-0.05, 0) is 0 Å². The molecule has 2 nitrogen and oxygen atoms in total. The molecule has 0 spiro atoms. The quantitative estimate of drug-likeness (QED) is 0.477. The first-order valence-corrected chi connectivity index (χ1v) is 3.58. The van der Waals surface area contributed by atoms with Crippen LogP contribution in [0.1, 0.15) is 6.92 Å². The minimum atomic E-state index is -5.52. The Hall–Kier alpha value is -1.28. The molecule has 0 fully saturated rings. The van der Waals surface area contributed by atoms with E-state index in [4.69, 9.17) is 5.11 Å². The van der Waals surface area contributed by atoms with Crippen LogP contribution in [0.25, 0.3) is 0 Å². The van der Waals surface area contributed by atoms with Gasteiger partial charge >= 0.3 is 18.0 Å². The summed E-state index contributed by atoms with van der Waals surface area (Å²) in [5.74, 6) is -15.5. The zero-order valence-electron chi connectivity index (χ0n) is 7.58. The van der Waals surface area contributed by atoms with Crippen LogP contribution < -0.4 is 0 Å². The van der Waals surface area contributed by atoms with Crippen LogP contribution in [0.15, 0.2) is 11.8 Å². The van der Waals surface area contributed by atoms with E-state index in [-0.39, 0.29) is 6.92 Å². The number of allylic oxidation sites excluding steroid dienone is 2. The van der Waals surface area contributed by atoms with E-state index in [1.807, 2.05) is 0 Å². The van der Waals surface area contributed by atoms with Gasteiger partial charge in [-0.2, -0.15) is 30.7 Å². The topological polar surface area (TPSA) is 37.3 Å². The van der Waals surface area contributed by atoms with Crippen LogP contribution in [0.4, 0.5) is 30.7 Å². The lowest BCUT2D eigenvalue weighted by molar-refractivity contribution is -0.190. The van der Waals surface area contributed by atoms with Gasteiger partial charge < -0.3 is 5.11 Å². The number of hydrogen-bond acceptors (Lipinski definition) is 2. The third-order valence-corrected chi connectivity index (χ3v) is 1.42. The Morgan fingerprint density at radius 1 is 1.06 bits per heavy atom. The Kier molecular flexibility index (Phi) is 3.63. The predicted octanol–water partition coefficient (Wildman–Crippen LogP) is 2.85. The van der Waals surface area contributed by atoms with Crippen LogP contribution in [0.2, 0.25) is 0 Å². The maximum absolute atomic E-state index is 12.5. The van der Waals surface area contributed by atoms with Gasteiger partial charge in [0.05, 0.1) is 0 Å². The van der Waals surface area contributed by atoms with E-state index in [0.717, 1.165) is 0 Å². The van der Waals surface area contributed by atoms with Gasteiger partial charge in [0.15, 0.2) is 5.76 Å². The summed E-state index contributed by atoms with van der Waals surface area (Å²) in [5.41, 5.74) is 0. The first-order valence-electron chi connectivity index (χ1n) is 3.58. The number of carbonyl (C=O) groups is 1. The SMILES string of the molecule is CC(F)(F)C(F)(F)/C(O)=C/C(=O)C(F)(F)F. The number of halogens is 7. The lowest BCUT2D eigenvalue weighted by atomic mass is 10.1. The second-order valence-electron chi connectivity index (χ2n) is 2.85. The third-order valence-electron chi connectivity index (χ3n) is 1.42. The molecule has 0 bridgehead atoms. The fourth-order valence-corrected chi connectivity index (χ4v) is 0.522. The fraction of sp³-hybridized carbons (Fsp3) is 0.571. The molecule has 9 heteroatoms. The zero-order valence-corrected chi connectivity index (χ0v) is 7.58. The number of carbonyl (C=O) groups excluding carboxylic acids is 1. The molecule has 0 aromatic heterocycles. The minimum Gasteiger partial charge on any atom is -0.506 e. The minimum absolute atomic E-state index is 0.310. The highest BCUT2D eigenvalue weighted by Crippen LogP contribution is 2.38. The number of rotatable bonds is 3. The Morgan fingerprint density at radius 2 is 1.44 bits per heavy atom. The molecule has 16 heavy (non-hydrogen) atoms. The molecule has 0 aliphatic heterocycles. The second kappa shape index (κ2) is 3.95. The van der Waals surface area contributed by atoms with Crippen molar-refractivity contribution in [1.82, 2.24) is 0 Å². The molecule has 0 aromatic rings. The first kappa shape index (κ1) is 14.7.